The van der Waals surface area contributed by atoms with E-state index < -0.39 is 23.2 Å². The van der Waals surface area contributed by atoms with E-state index in [9.17, 15) is 17.2 Å². The number of rotatable bonds is 9. The maximum absolute atomic E-state index is 11.8. The third-order valence-corrected chi connectivity index (χ3v) is 3.44. The van der Waals surface area contributed by atoms with Gasteiger partial charge in [-0.25, -0.2) is 8.78 Å². The highest BCUT2D eigenvalue weighted by Crippen LogP contribution is 1.97. The Morgan fingerprint density at radius 3 is 2.50 bits per heavy atom. The Balaban J connectivity index is 3.90. The van der Waals surface area contributed by atoms with Crippen molar-refractivity contribution in [2.24, 2.45) is 0 Å². The van der Waals surface area contributed by atoms with E-state index in [2.05, 4.69) is 5.32 Å². The molecule has 0 amide bonds. The first-order valence-corrected chi connectivity index (χ1v) is 6.54. The highest BCUT2D eigenvalue weighted by Gasteiger charge is 2.18. The highest BCUT2D eigenvalue weighted by molar-refractivity contribution is 7.87. The van der Waals surface area contributed by atoms with Crippen LogP contribution in [-0.4, -0.2) is 52.4 Å². The van der Waals surface area contributed by atoms with Gasteiger partial charge in [0.1, 0.15) is 0 Å². The van der Waals surface area contributed by atoms with E-state index >= 15 is 0 Å². The van der Waals surface area contributed by atoms with Crippen LogP contribution in [-0.2, 0) is 10.2 Å². The molecule has 0 rings (SSSR count). The molecule has 0 aliphatic carbocycles. The highest BCUT2D eigenvalue weighted by atomic mass is 32.2. The fourth-order valence-corrected chi connectivity index (χ4v) is 1.93. The van der Waals surface area contributed by atoms with Crippen LogP contribution in [0.2, 0.25) is 0 Å². The first kappa shape index (κ1) is 15.7. The third kappa shape index (κ3) is 7.04. The molecule has 5 nitrogen and oxygen atoms in total. The number of hydrogen-bond acceptors (Lipinski definition) is 3. The van der Waals surface area contributed by atoms with Crippen LogP contribution in [0, 0.1) is 0 Å². The molecule has 0 bridgehead atoms. The van der Waals surface area contributed by atoms with Gasteiger partial charge >= 0.3 is 0 Å². The molecule has 0 saturated carbocycles. The molecule has 0 aliphatic heterocycles. The van der Waals surface area contributed by atoms with Crippen molar-refractivity contribution in [2.75, 3.05) is 33.2 Å². The van der Waals surface area contributed by atoms with Gasteiger partial charge in [0, 0.05) is 13.6 Å². The Morgan fingerprint density at radius 1 is 1.38 bits per heavy atom. The van der Waals surface area contributed by atoms with Gasteiger partial charge in [-0.05, 0) is 19.5 Å². The molecule has 8 heteroatoms. The zero-order valence-corrected chi connectivity index (χ0v) is 10.4. The molecular weight excluding hydrogens is 240 g/mol. The summed E-state index contributed by atoms with van der Waals surface area (Å²) in [6.07, 6.45) is -2.04. The molecule has 2 N–H and O–H groups in total. The van der Waals surface area contributed by atoms with Gasteiger partial charge in [0.2, 0.25) is 0 Å². The Morgan fingerprint density at radius 2 is 2.00 bits per heavy atom. The summed E-state index contributed by atoms with van der Waals surface area (Å²) in [4.78, 5) is 0. The van der Waals surface area contributed by atoms with E-state index in [4.69, 9.17) is 0 Å². The van der Waals surface area contributed by atoms with Crippen molar-refractivity contribution in [2.45, 2.75) is 19.8 Å². The van der Waals surface area contributed by atoms with E-state index in [0.717, 1.165) is 10.8 Å². The number of nitrogens with one attached hydrogen (secondary N) is 2. The quantitative estimate of drug-likeness (QED) is 0.574. The standard InChI is InChI=1S/C8H19F2N3O2S/c1-3-11-5-4-6-13(2)16(14,15)12-7-8(9)10/h8,11-12H,3-7H2,1-2H3. The summed E-state index contributed by atoms with van der Waals surface area (Å²) in [6, 6.07) is 0. The molecule has 0 aromatic rings. The molecular formula is C8H19F2N3O2S. The van der Waals surface area contributed by atoms with Gasteiger partial charge in [0.15, 0.2) is 0 Å². The van der Waals surface area contributed by atoms with Crippen LogP contribution in [0.1, 0.15) is 13.3 Å². The average Bonchev–Trinajstić information content (AvgIpc) is 2.21. The van der Waals surface area contributed by atoms with Gasteiger partial charge in [-0.3, -0.25) is 0 Å². The lowest BCUT2D eigenvalue weighted by atomic mass is 10.4. The summed E-state index contributed by atoms with van der Waals surface area (Å²) >= 11 is 0. The number of halogens is 2. The van der Waals surface area contributed by atoms with E-state index in [1.807, 2.05) is 11.6 Å². The number of alkyl halides is 2. The van der Waals surface area contributed by atoms with Gasteiger partial charge in [-0.2, -0.15) is 17.4 Å². The summed E-state index contributed by atoms with van der Waals surface area (Å²) in [6.45, 7) is 2.92. The molecule has 0 radical (unpaired) electrons. The summed E-state index contributed by atoms with van der Waals surface area (Å²) in [5, 5.41) is 3.04. The smallest absolute Gasteiger partial charge is 0.279 e. The van der Waals surface area contributed by atoms with E-state index in [1.54, 1.807) is 0 Å². The van der Waals surface area contributed by atoms with Crippen LogP contribution in [0.3, 0.4) is 0 Å². The Hall–Kier alpha value is -0.310. The summed E-state index contributed by atoms with van der Waals surface area (Å²) in [5.74, 6) is 0. The lowest BCUT2D eigenvalue weighted by Crippen LogP contribution is -2.41. The minimum atomic E-state index is -3.77. The predicted octanol–water partition coefficient (Wildman–Crippen LogP) is 0.0173. The van der Waals surface area contributed by atoms with Crippen LogP contribution in [0.5, 0.6) is 0 Å². The van der Waals surface area contributed by atoms with Crippen molar-refractivity contribution in [1.29, 1.82) is 0 Å². The number of hydrogen-bond donors (Lipinski definition) is 2. The summed E-state index contributed by atoms with van der Waals surface area (Å²) in [7, 11) is -2.41. The molecule has 0 aromatic heterocycles. The van der Waals surface area contributed by atoms with Crippen LogP contribution in [0.4, 0.5) is 8.78 Å². The molecule has 0 unspecified atom stereocenters. The molecule has 0 aliphatic rings. The van der Waals surface area contributed by atoms with Gasteiger partial charge < -0.3 is 5.32 Å². The summed E-state index contributed by atoms with van der Waals surface area (Å²) < 4.78 is 49.2. The molecule has 0 saturated heterocycles. The normalized spacial score (nSPS) is 12.6. The Bertz CT molecular complexity index is 272. The maximum Gasteiger partial charge on any atom is 0.279 e. The van der Waals surface area contributed by atoms with Crippen LogP contribution in [0.15, 0.2) is 0 Å². The Labute approximate surface area is 95.4 Å². The van der Waals surface area contributed by atoms with Gasteiger partial charge in [-0.1, -0.05) is 6.92 Å². The maximum atomic E-state index is 11.8. The monoisotopic (exact) mass is 259 g/mol. The van der Waals surface area contributed by atoms with Crippen molar-refractivity contribution >= 4 is 10.2 Å². The molecule has 16 heavy (non-hydrogen) atoms. The number of nitrogens with zero attached hydrogens (tertiary/aromatic N) is 1. The third-order valence-electron chi connectivity index (χ3n) is 1.91. The minimum absolute atomic E-state index is 0.297. The molecule has 0 heterocycles. The van der Waals surface area contributed by atoms with Crippen molar-refractivity contribution in [3.05, 3.63) is 0 Å². The first-order chi connectivity index (χ1) is 7.40. The molecule has 0 spiro atoms. The predicted molar refractivity (Wildman–Crippen MR) is 58.7 cm³/mol. The molecule has 0 fully saturated rings. The zero-order valence-electron chi connectivity index (χ0n) is 9.54. The lowest BCUT2D eigenvalue weighted by molar-refractivity contribution is 0.152. The zero-order chi connectivity index (χ0) is 12.6. The van der Waals surface area contributed by atoms with E-state index in [1.165, 1.54) is 7.05 Å². The topological polar surface area (TPSA) is 61.4 Å². The molecule has 98 valence electrons. The second-order valence-electron chi connectivity index (χ2n) is 3.27. The van der Waals surface area contributed by atoms with Gasteiger partial charge in [0.05, 0.1) is 6.54 Å². The second kappa shape index (κ2) is 7.88. The lowest BCUT2D eigenvalue weighted by Gasteiger charge is -2.17. The minimum Gasteiger partial charge on any atom is -0.317 e. The van der Waals surface area contributed by atoms with Gasteiger partial charge in [-0.15, -0.1) is 0 Å². The van der Waals surface area contributed by atoms with Crippen LogP contribution >= 0.6 is 0 Å². The van der Waals surface area contributed by atoms with Crippen LogP contribution < -0.4 is 10.0 Å². The second-order valence-corrected chi connectivity index (χ2v) is 5.14. The largest absolute Gasteiger partial charge is 0.317 e. The van der Waals surface area contributed by atoms with E-state index in [-0.39, 0.29) is 0 Å². The van der Waals surface area contributed by atoms with Crippen LogP contribution in [0.25, 0.3) is 0 Å². The fourth-order valence-electron chi connectivity index (χ4n) is 1.00. The fraction of sp³-hybridized carbons (Fsp3) is 1.00. The summed E-state index contributed by atoms with van der Waals surface area (Å²) in [5.41, 5.74) is 0. The van der Waals surface area contributed by atoms with Crippen molar-refractivity contribution in [3.8, 4) is 0 Å². The van der Waals surface area contributed by atoms with Crippen molar-refractivity contribution in [3.63, 3.8) is 0 Å². The average molecular weight is 259 g/mol. The SMILES string of the molecule is CCNCCCN(C)S(=O)(=O)NCC(F)F. The van der Waals surface area contributed by atoms with E-state index in [0.29, 0.717) is 19.5 Å². The van der Waals surface area contributed by atoms with Crippen molar-refractivity contribution in [1.82, 2.24) is 14.3 Å². The van der Waals surface area contributed by atoms with Gasteiger partial charge in [0.25, 0.3) is 16.6 Å². The molecule has 0 atom stereocenters. The molecule has 0 aromatic carbocycles. The Kier molecular flexibility index (Phi) is 7.73. The van der Waals surface area contributed by atoms with Crippen molar-refractivity contribution < 1.29 is 17.2 Å². The first-order valence-electron chi connectivity index (χ1n) is 5.10.